The number of rotatable bonds is 12. The van der Waals surface area contributed by atoms with Gasteiger partial charge in [-0.2, -0.15) is 9.97 Å². The van der Waals surface area contributed by atoms with Crippen molar-refractivity contribution in [3.05, 3.63) is 78.1 Å². The van der Waals surface area contributed by atoms with Crippen molar-refractivity contribution in [1.82, 2.24) is 19.5 Å². The molecule has 3 heterocycles. The van der Waals surface area contributed by atoms with Crippen LogP contribution in [0, 0.1) is 0 Å². The molecule has 0 bridgehead atoms. The Morgan fingerprint density at radius 1 is 0.851 bits per heavy atom. The fraction of sp³-hybridized carbons (Fsp3) is 0.528. The van der Waals surface area contributed by atoms with Gasteiger partial charge in [-0.25, -0.2) is 4.98 Å². The van der Waals surface area contributed by atoms with Gasteiger partial charge in [0.2, 0.25) is 11.8 Å². The van der Waals surface area contributed by atoms with Crippen LogP contribution in [0.3, 0.4) is 0 Å². The summed E-state index contributed by atoms with van der Waals surface area (Å²) in [6, 6.07) is 20.3. The maximum absolute atomic E-state index is 7.04. The first kappa shape index (κ1) is 35.2. The number of benzene rings is 2. The van der Waals surface area contributed by atoms with Crippen LogP contribution in [0.25, 0.3) is 11.2 Å². The van der Waals surface area contributed by atoms with Gasteiger partial charge in [0, 0.05) is 13.0 Å². The second kappa shape index (κ2) is 13.8. The molecule has 4 aromatic rings. The molecule has 2 aromatic heterocycles. The van der Waals surface area contributed by atoms with Gasteiger partial charge in [-0.1, -0.05) is 102 Å². The number of hydrogen-bond acceptors (Lipinski definition) is 8. The minimum Gasteiger partial charge on any atom is -0.471 e. The first-order chi connectivity index (χ1) is 22.0. The average Bonchev–Trinajstić information content (AvgIpc) is 3.61. The van der Waals surface area contributed by atoms with Gasteiger partial charge in [0.1, 0.15) is 18.9 Å². The summed E-state index contributed by atoms with van der Waals surface area (Å²) in [6.07, 6.45) is 1.80. The zero-order valence-electron chi connectivity index (χ0n) is 29.8. The van der Waals surface area contributed by atoms with Crippen molar-refractivity contribution >= 4 is 33.7 Å². The minimum atomic E-state index is -2.10. The Morgan fingerprint density at radius 3 is 2.09 bits per heavy atom. The van der Waals surface area contributed by atoms with Crippen molar-refractivity contribution in [1.29, 1.82) is 0 Å². The summed E-state index contributed by atoms with van der Waals surface area (Å²) in [5.41, 5.74) is 3.43. The third-order valence-electron chi connectivity index (χ3n) is 10.1. The van der Waals surface area contributed by atoms with E-state index in [-0.39, 0.29) is 28.5 Å². The molecule has 0 amide bonds. The minimum absolute atomic E-state index is 0.0647. The van der Waals surface area contributed by atoms with Crippen molar-refractivity contribution < 1.29 is 18.3 Å². The number of aromatic nitrogens is 4. The maximum Gasteiger partial charge on any atom is 0.247 e. The molecule has 3 atom stereocenters. The number of hydrogen-bond donors (Lipinski definition) is 1. The molecule has 254 valence electrons. The zero-order valence-corrected chi connectivity index (χ0v) is 31.8. The first-order valence-corrected chi connectivity index (χ1v) is 22.5. The maximum atomic E-state index is 7.04. The lowest BCUT2D eigenvalue weighted by Gasteiger charge is -2.40. The topological polar surface area (TPSA) is 92.6 Å². The summed E-state index contributed by atoms with van der Waals surface area (Å²) in [5.74, 6) is 0.897. The molecule has 11 heteroatoms. The summed E-state index contributed by atoms with van der Waals surface area (Å²) >= 11 is 0. The fourth-order valence-electron chi connectivity index (χ4n) is 4.99. The molecular weight excluding hydrogens is 623 g/mol. The number of nitrogens with zero attached hydrogens (tertiary/aromatic N) is 4. The number of nitrogens with one attached hydrogen (secondary N) is 1. The number of fused-ring (bicyclic) bond motifs is 1. The van der Waals surface area contributed by atoms with E-state index in [0.717, 1.165) is 11.1 Å². The SMILES string of the molecule is CC(C)(C)[Si](C)(C)OC[C@H]1O[C@@H](n2cnc3c(OCc4ccccc4)nc(NCc4ccccc4)nc32)C[C@@H]1O[Si](C)(C)C(C)(C)C. The highest BCUT2D eigenvalue weighted by Gasteiger charge is 2.47. The molecule has 47 heavy (non-hydrogen) atoms. The lowest BCUT2D eigenvalue weighted by Crippen LogP contribution is -2.48. The molecule has 5 rings (SSSR count). The summed E-state index contributed by atoms with van der Waals surface area (Å²) in [6.45, 7) is 24.2. The van der Waals surface area contributed by atoms with Crippen LogP contribution in [0.4, 0.5) is 5.95 Å². The van der Waals surface area contributed by atoms with E-state index >= 15 is 0 Å². The van der Waals surface area contributed by atoms with Gasteiger partial charge < -0.3 is 23.6 Å². The Balaban J connectivity index is 1.46. The van der Waals surface area contributed by atoms with Gasteiger partial charge in [0.25, 0.3) is 0 Å². The predicted octanol–water partition coefficient (Wildman–Crippen LogP) is 8.72. The van der Waals surface area contributed by atoms with Gasteiger partial charge in [-0.15, -0.1) is 0 Å². The van der Waals surface area contributed by atoms with Crippen LogP contribution in [-0.2, 0) is 26.7 Å². The molecule has 1 aliphatic rings. The van der Waals surface area contributed by atoms with Gasteiger partial charge in [0.15, 0.2) is 27.8 Å². The largest absolute Gasteiger partial charge is 0.471 e. The van der Waals surface area contributed by atoms with E-state index in [9.17, 15) is 0 Å². The number of ether oxygens (including phenoxy) is 2. The molecule has 0 spiro atoms. The van der Waals surface area contributed by atoms with Gasteiger partial charge in [0.05, 0.1) is 19.0 Å². The van der Waals surface area contributed by atoms with E-state index in [1.165, 1.54) is 0 Å². The van der Waals surface area contributed by atoms with Crippen molar-refractivity contribution in [2.24, 2.45) is 0 Å². The monoisotopic (exact) mass is 675 g/mol. The molecule has 0 saturated carbocycles. The van der Waals surface area contributed by atoms with Crippen LogP contribution in [0.1, 0.15) is 65.3 Å². The number of anilines is 1. The normalized spacial score (nSPS) is 19.3. The van der Waals surface area contributed by atoms with Crippen LogP contribution in [-0.4, -0.2) is 55.0 Å². The molecule has 0 unspecified atom stereocenters. The predicted molar refractivity (Wildman–Crippen MR) is 194 cm³/mol. The second-order valence-corrected chi connectivity index (χ2v) is 25.2. The smallest absolute Gasteiger partial charge is 0.247 e. The van der Waals surface area contributed by atoms with Crippen molar-refractivity contribution in [3.63, 3.8) is 0 Å². The Labute approximate surface area is 282 Å². The van der Waals surface area contributed by atoms with E-state index in [1.54, 1.807) is 6.33 Å². The highest BCUT2D eigenvalue weighted by atomic mass is 28.4. The first-order valence-electron chi connectivity index (χ1n) is 16.7. The molecule has 1 fully saturated rings. The summed E-state index contributed by atoms with van der Waals surface area (Å²) in [4.78, 5) is 14.5. The van der Waals surface area contributed by atoms with Crippen molar-refractivity contribution in [2.75, 3.05) is 11.9 Å². The standard InChI is InChI=1S/C36H53N5O4Si2/c1-35(2,3)46(7,8)43-24-29-28(45-47(9,10)36(4,5)6)21-30(44-29)41-25-38-31-32(41)39-34(37-22-26-17-13-11-14-18-26)40-33(31)42-23-27-19-15-12-16-20-27/h11-20,25,28-30H,21-24H2,1-10H3,(H,37,39,40)/t28-,29+,30+/m0/s1. The molecule has 0 aliphatic carbocycles. The lowest BCUT2D eigenvalue weighted by atomic mass is 10.2. The third-order valence-corrected chi connectivity index (χ3v) is 19.1. The summed E-state index contributed by atoms with van der Waals surface area (Å²) in [5, 5.41) is 3.56. The lowest BCUT2D eigenvalue weighted by molar-refractivity contribution is -0.0383. The Hall–Kier alpha value is -3.10. The van der Waals surface area contributed by atoms with Crippen LogP contribution in [0.2, 0.25) is 36.3 Å². The molecule has 1 saturated heterocycles. The average molecular weight is 676 g/mol. The molecule has 2 aromatic carbocycles. The molecule has 0 radical (unpaired) electrons. The van der Waals surface area contributed by atoms with Crippen LogP contribution < -0.4 is 10.1 Å². The Kier molecular flexibility index (Phi) is 10.3. The van der Waals surface area contributed by atoms with E-state index in [0.29, 0.717) is 49.2 Å². The summed E-state index contributed by atoms with van der Waals surface area (Å²) < 4.78 is 28.9. The second-order valence-electron chi connectivity index (χ2n) is 15.6. The van der Waals surface area contributed by atoms with Gasteiger partial charge in [-0.05, 0) is 47.4 Å². The van der Waals surface area contributed by atoms with Crippen LogP contribution in [0.15, 0.2) is 67.0 Å². The molecule has 1 aliphatic heterocycles. The van der Waals surface area contributed by atoms with E-state index < -0.39 is 16.6 Å². The van der Waals surface area contributed by atoms with E-state index in [1.807, 2.05) is 53.1 Å². The quantitative estimate of drug-likeness (QED) is 0.149. The third kappa shape index (κ3) is 8.32. The Bertz CT molecular complexity index is 1620. The molecular formula is C36H53N5O4Si2. The van der Waals surface area contributed by atoms with Gasteiger partial charge >= 0.3 is 0 Å². The summed E-state index contributed by atoms with van der Waals surface area (Å²) in [7, 11) is -4.11. The Morgan fingerprint density at radius 2 is 1.47 bits per heavy atom. The zero-order chi connectivity index (χ0) is 34.0. The van der Waals surface area contributed by atoms with Gasteiger partial charge in [-0.3, -0.25) is 4.57 Å². The van der Waals surface area contributed by atoms with Crippen LogP contribution in [0.5, 0.6) is 5.88 Å². The molecule has 1 N–H and O–H groups in total. The van der Waals surface area contributed by atoms with E-state index in [2.05, 4.69) is 85.2 Å². The highest BCUT2D eigenvalue weighted by Crippen LogP contribution is 2.43. The van der Waals surface area contributed by atoms with Crippen molar-refractivity contribution in [3.8, 4) is 5.88 Å². The molecule has 9 nitrogen and oxygen atoms in total. The van der Waals surface area contributed by atoms with E-state index in [4.69, 9.17) is 33.3 Å². The van der Waals surface area contributed by atoms with Crippen molar-refractivity contribution in [2.45, 2.75) is 116 Å². The fourth-order valence-corrected chi connectivity index (χ4v) is 7.36. The van der Waals surface area contributed by atoms with Crippen LogP contribution >= 0.6 is 0 Å². The number of imidazole rings is 1. The highest BCUT2D eigenvalue weighted by molar-refractivity contribution is 6.74.